The van der Waals surface area contributed by atoms with Gasteiger partial charge in [0.25, 0.3) is 0 Å². The van der Waals surface area contributed by atoms with Gasteiger partial charge >= 0.3 is 6.18 Å². The topological polar surface area (TPSA) is 26.3 Å². The molecule has 7 heteroatoms. The van der Waals surface area contributed by atoms with Crippen molar-refractivity contribution in [2.75, 3.05) is 0 Å². The van der Waals surface area contributed by atoms with E-state index >= 15 is 0 Å². The Morgan fingerprint density at radius 2 is 2.00 bits per heavy atom. The first-order valence-corrected chi connectivity index (χ1v) is 9.44. The van der Waals surface area contributed by atoms with Crippen molar-refractivity contribution in [3.8, 4) is 0 Å². The Hall–Kier alpha value is -1.08. The van der Waals surface area contributed by atoms with Gasteiger partial charge in [0, 0.05) is 6.08 Å². The van der Waals surface area contributed by atoms with Gasteiger partial charge in [-0.15, -0.1) is 11.3 Å². The Morgan fingerprint density at radius 3 is 2.39 bits per heavy atom. The lowest BCUT2D eigenvalue weighted by atomic mass is 10.3. The summed E-state index contributed by atoms with van der Waals surface area (Å²) in [6, 6.07) is 3.09. The zero-order valence-corrected chi connectivity index (χ0v) is 12.0. The molecule has 0 saturated heterocycles. The van der Waals surface area contributed by atoms with Crippen LogP contribution >= 0.6 is 11.3 Å². The van der Waals surface area contributed by atoms with Crippen LogP contribution in [0.2, 0.25) is 19.6 Å². The van der Waals surface area contributed by atoms with E-state index in [4.69, 9.17) is 4.43 Å². The first-order valence-electron chi connectivity index (χ1n) is 5.15. The summed E-state index contributed by atoms with van der Waals surface area (Å²) in [6.45, 7) is 4.88. The number of rotatable bonds is 4. The number of ketones is 1. The quantitative estimate of drug-likeness (QED) is 0.359. The minimum atomic E-state index is -4.65. The van der Waals surface area contributed by atoms with Crippen molar-refractivity contribution in [1.82, 2.24) is 0 Å². The number of allylic oxidation sites excluding steroid dienone is 2. The second-order valence-electron chi connectivity index (χ2n) is 4.56. The van der Waals surface area contributed by atoms with Crippen molar-refractivity contribution in [2.45, 2.75) is 25.8 Å². The van der Waals surface area contributed by atoms with E-state index < -0.39 is 26.0 Å². The highest BCUT2D eigenvalue weighted by atomic mass is 32.1. The third-order valence-corrected chi connectivity index (χ3v) is 3.44. The molecule has 0 spiro atoms. The number of hydrogen-bond donors (Lipinski definition) is 0. The lowest BCUT2D eigenvalue weighted by molar-refractivity contribution is -0.117. The molecule has 0 aliphatic carbocycles. The Bertz CT molecular complexity index is 444. The highest BCUT2D eigenvalue weighted by Gasteiger charge is 2.39. The zero-order valence-electron chi connectivity index (χ0n) is 10.2. The summed E-state index contributed by atoms with van der Waals surface area (Å²) in [5.41, 5.74) is 0. The predicted octanol–water partition coefficient (Wildman–Crippen LogP) is 4.23. The summed E-state index contributed by atoms with van der Waals surface area (Å²) in [7, 11) is -2.42. The molecule has 1 heterocycles. The smallest absolute Gasteiger partial charge is 0.447 e. The largest absolute Gasteiger partial charge is 0.541 e. The van der Waals surface area contributed by atoms with Crippen LogP contribution in [0.4, 0.5) is 13.2 Å². The number of carbonyl (C=O) groups excluding carboxylic acids is 1. The molecule has 0 atom stereocenters. The second-order valence-corrected chi connectivity index (χ2v) is 9.94. The van der Waals surface area contributed by atoms with Crippen LogP contribution < -0.4 is 0 Å². The summed E-state index contributed by atoms with van der Waals surface area (Å²) in [5.74, 6) is -1.89. The molecule has 0 radical (unpaired) electrons. The van der Waals surface area contributed by atoms with E-state index in [0.29, 0.717) is 6.08 Å². The van der Waals surface area contributed by atoms with Crippen LogP contribution in [0.3, 0.4) is 0 Å². The number of halogens is 3. The van der Waals surface area contributed by atoms with Crippen LogP contribution in [0.15, 0.2) is 29.3 Å². The van der Waals surface area contributed by atoms with Crippen molar-refractivity contribution in [2.24, 2.45) is 0 Å². The molecule has 0 fully saturated rings. The average Bonchev–Trinajstić information content (AvgIpc) is 2.65. The molecule has 1 rings (SSSR count). The van der Waals surface area contributed by atoms with E-state index in [9.17, 15) is 18.0 Å². The Kier molecular flexibility index (Phi) is 4.39. The van der Waals surface area contributed by atoms with Crippen molar-refractivity contribution >= 4 is 25.4 Å². The SMILES string of the molecule is C[Si](C)(C)O/C(=C\C(=O)c1cccs1)C(F)(F)F. The highest BCUT2D eigenvalue weighted by molar-refractivity contribution is 7.12. The molecule has 0 aliphatic heterocycles. The molecule has 0 bridgehead atoms. The third kappa shape index (κ3) is 4.65. The molecule has 0 aliphatic rings. The molecule has 0 amide bonds. The highest BCUT2D eigenvalue weighted by Crippen LogP contribution is 2.29. The van der Waals surface area contributed by atoms with Gasteiger partial charge in [-0.1, -0.05) is 6.07 Å². The van der Waals surface area contributed by atoms with Crippen molar-refractivity contribution in [3.63, 3.8) is 0 Å². The van der Waals surface area contributed by atoms with Crippen molar-refractivity contribution in [1.29, 1.82) is 0 Å². The summed E-state index contributed by atoms with van der Waals surface area (Å²) >= 11 is 1.10. The van der Waals surface area contributed by atoms with Gasteiger partial charge in [-0.3, -0.25) is 4.79 Å². The standard InChI is InChI=1S/C11H13F3O2SSi/c1-18(2,3)16-10(11(12,13)14)7-8(15)9-5-4-6-17-9/h4-7H,1-3H3/b10-7-. The fourth-order valence-corrected chi connectivity index (χ4v) is 2.58. The summed E-state index contributed by atoms with van der Waals surface area (Å²) in [5, 5.41) is 1.63. The fraction of sp³-hybridized carbons (Fsp3) is 0.364. The molecule has 0 unspecified atom stereocenters. The van der Waals surface area contributed by atoms with Crippen molar-refractivity contribution in [3.05, 3.63) is 34.2 Å². The van der Waals surface area contributed by atoms with Gasteiger partial charge in [-0.25, -0.2) is 0 Å². The average molecular weight is 294 g/mol. The van der Waals surface area contributed by atoms with Crippen LogP contribution in [0, 0.1) is 0 Å². The van der Waals surface area contributed by atoms with Crippen LogP contribution in [-0.2, 0) is 4.43 Å². The van der Waals surface area contributed by atoms with E-state index in [1.807, 2.05) is 0 Å². The molecule has 0 aromatic carbocycles. The lowest BCUT2D eigenvalue weighted by Gasteiger charge is -2.23. The number of carbonyl (C=O) groups is 1. The first kappa shape index (κ1) is 15.0. The van der Waals surface area contributed by atoms with E-state index in [1.165, 1.54) is 6.07 Å². The maximum absolute atomic E-state index is 12.7. The van der Waals surface area contributed by atoms with Crippen LogP contribution in [-0.4, -0.2) is 20.3 Å². The Labute approximate surface area is 108 Å². The lowest BCUT2D eigenvalue weighted by Crippen LogP contribution is -2.30. The van der Waals surface area contributed by atoms with E-state index in [2.05, 4.69) is 0 Å². The van der Waals surface area contributed by atoms with Gasteiger partial charge in [0.1, 0.15) is 0 Å². The molecule has 1 aromatic rings. The number of alkyl halides is 3. The van der Waals surface area contributed by atoms with Crippen LogP contribution in [0.1, 0.15) is 9.67 Å². The number of thiophene rings is 1. The fourth-order valence-electron chi connectivity index (χ4n) is 1.11. The monoisotopic (exact) mass is 294 g/mol. The normalized spacial score (nSPS) is 13.6. The van der Waals surface area contributed by atoms with E-state index in [1.54, 1.807) is 31.1 Å². The van der Waals surface area contributed by atoms with Gasteiger partial charge in [0.05, 0.1) is 4.88 Å². The first-order chi connectivity index (χ1) is 8.09. The van der Waals surface area contributed by atoms with Gasteiger partial charge in [0.2, 0.25) is 8.32 Å². The van der Waals surface area contributed by atoms with Gasteiger partial charge in [-0.2, -0.15) is 13.2 Å². The third-order valence-electron chi connectivity index (χ3n) is 1.72. The second kappa shape index (κ2) is 5.27. The molecule has 2 nitrogen and oxygen atoms in total. The summed E-state index contributed by atoms with van der Waals surface area (Å²) in [6.07, 6.45) is -4.11. The molecule has 0 saturated carbocycles. The molecular weight excluding hydrogens is 281 g/mol. The maximum atomic E-state index is 12.7. The molecular formula is C11H13F3O2SSi. The van der Waals surface area contributed by atoms with E-state index in [-0.39, 0.29) is 4.88 Å². The summed E-state index contributed by atoms with van der Waals surface area (Å²) in [4.78, 5) is 11.9. The number of hydrogen-bond acceptors (Lipinski definition) is 3. The van der Waals surface area contributed by atoms with Gasteiger partial charge in [0.15, 0.2) is 11.5 Å². The molecule has 1 aromatic heterocycles. The molecule has 100 valence electrons. The van der Waals surface area contributed by atoms with Crippen LogP contribution in [0.25, 0.3) is 0 Å². The molecule has 0 N–H and O–H groups in total. The Morgan fingerprint density at radius 1 is 1.39 bits per heavy atom. The van der Waals surface area contributed by atoms with Crippen LogP contribution in [0.5, 0.6) is 0 Å². The van der Waals surface area contributed by atoms with E-state index in [0.717, 1.165) is 11.3 Å². The van der Waals surface area contributed by atoms with Gasteiger partial charge in [-0.05, 0) is 31.1 Å². The maximum Gasteiger partial charge on any atom is 0.447 e. The summed E-state index contributed by atoms with van der Waals surface area (Å²) < 4.78 is 43.1. The van der Waals surface area contributed by atoms with Gasteiger partial charge < -0.3 is 4.43 Å². The minimum Gasteiger partial charge on any atom is -0.541 e. The predicted molar refractivity (Wildman–Crippen MR) is 67.2 cm³/mol. The zero-order chi connectivity index (χ0) is 14.0. The van der Waals surface area contributed by atoms with Crippen molar-refractivity contribution < 1.29 is 22.4 Å². The Balaban J connectivity index is 3.00. The molecule has 18 heavy (non-hydrogen) atoms. The minimum absolute atomic E-state index is 0.260.